The van der Waals surface area contributed by atoms with Crippen molar-refractivity contribution in [2.75, 3.05) is 19.9 Å². The highest BCUT2D eigenvalue weighted by molar-refractivity contribution is 7.90. The number of carbonyl (C=O) groups excluding carboxylic acids is 2. The summed E-state index contributed by atoms with van der Waals surface area (Å²) >= 11 is 1.53. The number of likely N-dealkylation sites (N-methyl/N-ethyl adjacent to an activating group) is 1. The predicted molar refractivity (Wildman–Crippen MR) is 90.6 cm³/mol. The summed E-state index contributed by atoms with van der Waals surface area (Å²) in [6.45, 7) is -0.0304. The zero-order chi connectivity index (χ0) is 17.7. The van der Waals surface area contributed by atoms with E-state index in [0.717, 1.165) is 11.8 Å². The number of carbonyl (C=O) groups is 2. The van der Waals surface area contributed by atoms with E-state index >= 15 is 0 Å². The summed E-state index contributed by atoms with van der Waals surface area (Å²) in [6.07, 6.45) is 1.01. The van der Waals surface area contributed by atoms with E-state index in [9.17, 15) is 18.0 Å². The van der Waals surface area contributed by atoms with Crippen LogP contribution in [0.3, 0.4) is 0 Å². The van der Waals surface area contributed by atoms with Gasteiger partial charge in [0.2, 0.25) is 0 Å². The monoisotopic (exact) mass is 367 g/mol. The van der Waals surface area contributed by atoms with E-state index in [1.165, 1.54) is 40.5 Å². The van der Waals surface area contributed by atoms with Crippen LogP contribution in [-0.2, 0) is 25.9 Å². The molecule has 1 aromatic heterocycles. The molecule has 0 radical (unpaired) electrons. The fourth-order valence-corrected chi connectivity index (χ4v) is 3.55. The van der Waals surface area contributed by atoms with Crippen molar-refractivity contribution in [2.45, 2.75) is 11.4 Å². The number of hydrogen-bond acceptors (Lipinski definition) is 6. The Bertz CT molecular complexity index is 828. The number of benzene rings is 1. The van der Waals surface area contributed by atoms with E-state index in [2.05, 4.69) is 0 Å². The Balaban J connectivity index is 2.00. The molecule has 1 heterocycles. The van der Waals surface area contributed by atoms with E-state index in [-0.39, 0.29) is 16.4 Å². The molecule has 0 bridgehead atoms. The third-order valence-corrected chi connectivity index (χ3v) is 5.15. The number of hydrogen-bond donors (Lipinski definition) is 0. The molecule has 2 rings (SSSR count). The maximum atomic E-state index is 12.1. The van der Waals surface area contributed by atoms with Crippen molar-refractivity contribution in [3.05, 3.63) is 52.2 Å². The Hall–Kier alpha value is -2.19. The van der Waals surface area contributed by atoms with Crippen LogP contribution in [0.25, 0.3) is 0 Å². The standard InChI is InChI=1S/C16H17NO5S2/c1-17(9-12-7-8-23-11-12)15(18)10-22-16(19)13-5-3-4-6-14(13)24(2,20)21/h3-8,11H,9-10H2,1-2H3. The van der Waals surface area contributed by atoms with E-state index in [4.69, 9.17) is 4.74 Å². The minimum atomic E-state index is -3.56. The SMILES string of the molecule is CN(Cc1ccsc1)C(=O)COC(=O)c1ccccc1S(C)(=O)=O. The van der Waals surface area contributed by atoms with Gasteiger partial charge in [-0.2, -0.15) is 11.3 Å². The van der Waals surface area contributed by atoms with Gasteiger partial charge in [0, 0.05) is 19.8 Å². The number of nitrogens with zero attached hydrogens (tertiary/aromatic N) is 1. The Morgan fingerprint density at radius 1 is 1.21 bits per heavy atom. The minimum absolute atomic E-state index is 0.0757. The molecular formula is C16H17NO5S2. The van der Waals surface area contributed by atoms with Crippen LogP contribution < -0.4 is 0 Å². The van der Waals surface area contributed by atoms with Gasteiger partial charge in [0.05, 0.1) is 10.5 Å². The van der Waals surface area contributed by atoms with Crippen LogP contribution in [-0.4, -0.2) is 45.1 Å². The van der Waals surface area contributed by atoms with Crippen molar-refractivity contribution >= 4 is 33.1 Å². The number of esters is 1. The Labute approximate surface area is 144 Å². The second-order valence-electron chi connectivity index (χ2n) is 5.23. The molecule has 0 aliphatic carbocycles. The first-order chi connectivity index (χ1) is 11.3. The quantitative estimate of drug-likeness (QED) is 0.729. The number of sulfone groups is 1. The smallest absolute Gasteiger partial charge is 0.339 e. The van der Waals surface area contributed by atoms with E-state index in [1.54, 1.807) is 7.05 Å². The average molecular weight is 367 g/mol. The molecule has 0 atom stereocenters. The van der Waals surface area contributed by atoms with Gasteiger partial charge in [0.25, 0.3) is 5.91 Å². The summed E-state index contributed by atoms with van der Waals surface area (Å²) in [5, 5.41) is 3.84. The van der Waals surface area contributed by atoms with Crippen molar-refractivity contribution in [3.63, 3.8) is 0 Å². The van der Waals surface area contributed by atoms with Crippen molar-refractivity contribution in [2.24, 2.45) is 0 Å². The molecule has 24 heavy (non-hydrogen) atoms. The third kappa shape index (κ3) is 4.65. The summed E-state index contributed by atoms with van der Waals surface area (Å²) in [6, 6.07) is 7.65. The van der Waals surface area contributed by atoms with Crippen LogP contribution in [0.1, 0.15) is 15.9 Å². The highest BCUT2D eigenvalue weighted by atomic mass is 32.2. The number of thiophene rings is 1. The second kappa shape index (κ2) is 7.59. The van der Waals surface area contributed by atoms with Crippen LogP contribution in [0.5, 0.6) is 0 Å². The molecule has 0 unspecified atom stereocenters. The summed E-state index contributed by atoms with van der Waals surface area (Å²) < 4.78 is 28.4. The molecule has 0 spiro atoms. The van der Waals surface area contributed by atoms with E-state index < -0.39 is 22.4 Å². The van der Waals surface area contributed by atoms with Gasteiger partial charge in [-0.3, -0.25) is 4.79 Å². The minimum Gasteiger partial charge on any atom is -0.452 e. The number of ether oxygens (including phenoxy) is 1. The fraction of sp³-hybridized carbons (Fsp3) is 0.250. The number of amides is 1. The van der Waals surface area contributed by atoms with E-state index in [0.29, 0.717) is 6.54 Å². The first-order valence-corrected chi connectivity index (χ1v) is 9.83. The molecular weight excluding hydrogens is 350 g/mol. The van der Waals surface area contributed by atoms with Gasteiger partial charge in [0.15, 0.2) is 16.4 Å². The Morgan fingerprint density at radius 2 is 1.92 bits per heavy atom. The summed E-state index contributed by atoms with van der Waals surface area (Å²) in [4.78, 5) is 25.4. The zero-order valence-corrected chi connectivity index (χ0v) is 14.9. The van der Waals surface area contributed by atoms with Crippen LogP contribution >= 0.6 is 11.3 Å². The lowest BCUT2D eigenvalue weighted by Crippen LogP contribution is -2.30. The molecule has 0 aliphatic rings. The number of rotatable bonds is 6. The first kappa shape index (κ1) is 18.2. The third-order valence-electron chi connectivity index (χ3n) is 3.26. The lowest BCUT2D eigenvalue weighted by Gasteiger charge is -2.16. The van der Waals surface area contributed by atoms with Crippen LogP contribution in [0, 0.1) is 0 Å². The molecule has 0 aliphatic heterocycles. The summed E-state index contributed by atoms with van der Waals surface area (Å²) in [7, 11) is -1.95. The molecule has 0 N–H and O–H groups in total. The van der Waals surface area contributed by atoms with Crippen molar-refractivity contribution < 1.29 is 22.7 Å². The maximum Gasteiger partial charge on any atom is 0.339 e. The molecule has 6 nitrogen and oxygen atoms in total. The molecule has 0 saturated heterocycles. The largest absolute Gasteiger partial charge is 0.452 e. The Kier molecular flexibility index (Phi) is 5.74. The lowest BCUT2D eigenvalue weighted by atomic mass is 10.2. The average Bonchev–Trinajstić information content (AvgIpc) is 3.04. The van der Waals surface area contributed by atoms with E-state index in [1.807, 2.05) is 16.8 Å². The van der Waals surface area contributed by atoms with Gasteiger partial charge >= 0.3 is 5.97 Å². The molecule has 8 heteroatoms. The van der Waals surface area contributed by atoms with Gasteiger partial charge in [-0.1, -0.05) is 12.1 Å². The molecule has 128 valence electrons. The molecule has 0 fully saturated rings. The first-order valence-electron chi connectivity index (χ1n) is 7.00. The predicted octanol–water partition coefficient (Wildman–Crippen LogP) is 1.97. The van der Waals surface area contributed by atoms with Gasteiger partial charge in [-0.25, -0.2) is 13.2 Å². The topological polar surface area (TPSA) is 80.8 Å². The molecule has 1 aromatic carbocycles. The van der Waals surface area contributed by atoms with Crippen LogP contribution in [0.2, 0.25) is 0 Å². The van der Waals surface area contributed by atoms with Gasteiger partial charge < -0.3 is 9.64 Å². The fourth-order valence-electron chi connectivity index (χ4n) is 2.02. The summed E-state index contributed by atoms with van der Waals surface area (Å²) in [5.41, 5.74) is 0.915. The molecule has 2 aromatic rings. The maximum absolute atomic E-state index is 12.1. The van der Waals surface area contributed by atoms with Crippen molar-refractivity contribution in [1.29, 1.82) is 0 Å². The normalized spacial score (nSPS) is 11.1. The highest BCUT2D eigenvalue weighted by Gasteiger charge is 2.20. The van der Waals surface area contributed by atoms with Crippen LogP contribution in [0.4, 0.5) is 0 Å². The molecule has 1 amide bonds. The van der Waals surface area contributed by atoms with Gasteiger partial charge in [-0.15, -0.1) is 0 Å². The summed E-state index contributed by atoms with van der Waals surface area (Å²) in [5.74, 6) is -1.21. The van der Waals surface area contributed by atoms with Gasteiger partial charge in [-0.05, 0) is 34.5 Å². The van der Waals surface area contributed by atoms with Crippen LogP contribution in [0.15, 0.2) is 46.0 Å². The zero-order valence-electron chi connectivity index (χ0n) is 13.3. The Morgan fingerprint density at radius 3 is 2.54 bits per heavy atom. The highest BCUT2D eigenvalue weighted by Crippen LogP contribution is 2.16. The lowest BCUT2D eigenvalue weighted by molar-refractivity contribution is -0.133. The van der Waals surface area contributed by atoms with Crippen molar-refractivity contribution in [1.82, 2.24) is 4.90 Å². The van der Waals surface area contributed by atoms with Gasteiger partial charge in [0.1, 0.15) is 0 Å². The van der Waals surface area contributed by atoms with Crippen molar-refractivity contribution in [3.8, 4) is 0 Å². The second-order valence-corrected chi connectivity index (χ2v) is 7.99. The molecule has 0 saturated carbocycles.